The zero-order valence-electron chi connectivity index (χ0n) is 6.89. The molecule has 0 N–H and O–H groups in total. The van der Waals surface area contributed by atoms with Crippen LogP contribution in [0.25, 0.3) is 0 Å². The number of rotatable bonds is 3. The molecule has 0 aliphatic carbocycles. The van der Waals surface area contributed by atoms with E-state index in [4.69, 9.17) is 0 Å². The van der Waals surface area contributed by atoms with E-state index in [0.29, 0.717) is 5.92 Å². The lowest BCUT2D eigenvalue weighted by Crippen LogP contribution is -2.00. The molecule has 0 spiro atoms. The smallest absolute Gasteiger partial charge is 0.0273 e. The van der Waals surface area contributed by atoms with Crippen LogP contribution in [0.15, 0.2) is 4.99 Å². The van der Waals surface area contributed by atoms with Crippen molar-refractivity contribution in [2.45, 2.75) is 27.2 Å². The van der Waals surface area contributed by atoms with E-state index in [9.17, 15) is 0 Å². The average Bonchev–Trinajstić information content (AvgIpc) is 1.63. The van der Waals surface area contributed by atoms with E-state index in [1.807, 2.05) is 13.3 Å². The molecule has 0 aromatic heterocycles. The highest BCUT2D eigenvalue weighted by Gasteiger charge is 1.99. The van der Waals surface area contributed by atoms with Crippen LogP contribution in [-0.2, 0) is 0 Å². The number of hydrogen-bond acceptors (Lipinski definition) is 1. The highest BCUT2D eigenvalue weighted by Crippen LogP contribution is 2.07. The molecule has 1 unspecified atom stereocenters. The highest BCUT2D eigenvalue weighted by molar-refractivity contribution is 5.59. The molecule has 0 aliphatic rings. The lowest BCUT2D eigenvalue weighted by Gasteiger charge is -2.06. The molecule has 0 fully saturated rings. The van der Waals surface area contributed by atoms with Crippen LogP contribution in [0.1, 0.15) is 27.2 Å². The molecular weight excluding hydrogens is 110 g/mol. The first-order valence-corrected chi connectivity index (χ1v) is 3.59. The Bertz CT molecular complexity index is 84.6. The summed E-state index contributed by atoms with van der Waals surface area (Å²) < 4.78 is 0. The van der Waals surface area contributed by atoms with Crippen molar-refractivity contribution in [2.75, 3.05) is 7.05 Å². The van der Waals surface area contributed by atoms with Gasteiger partial charge in [0.25, 0.3) is 0 Å². The normalized spacial score (nSPS) is 15.2. The summed E-state index contributed by atoms with van der Waals surface area (Å²) in [7, 11) is 1.83. The largest absolute Gasteiger partial charge is 0.301 e. The van der Waals surface area contributed by atoms with Crippen molar-refractivity contribution < 1.29 is 0 Å². The predicted octanol–water partition coefficient (Wildman–Crippen LogP) is 2.37. The van der Waals surface area contributed by atoms with Crippen LogP contribution in [0, 0.1) is 11.8 Å². The van der Waals surface area contributed by atoms with Gasteiger partial charge in [-0.05, 0) is 18.3 Å². The first kappa shape index (κ1) is 8.67. The van der Waals surface area contributed by atoms with Crippen molar-refractivity contribution in [3.05, 3.63) is 0 Å². The predicted molar refractivity (Wildman–Crippen MR) is 43.0 cm³/mol. The van der Waals surface area contributed by atoms with Crippen molar-refractivity contribution in [3.63, 3.8) is 0 Å². The number of hydrogen-bond donors (Lipinski definition) is 0. The molecule has 1 heteroatoms. The molecule has 1 nitrogen and oxygen atoms in total. The zero-order chi connectivity index (χ0) is 7.28. The van der Waals surface area contributed by atoms with Gasteiger partial charge in [0.15, 0.2) is 0 Å². The van der Waals surface area contributed by atoms with Crippen LogP contribution < -0.4 is 0 Å². The third-order valence-electron chi connectivity index (χ3n) is 1.25. The van der Waals surface area contributed by atoms with Crippen LogP contribution in [0.4, 0.5) is 0 Å². The summed E-state index contributed by atoms with van der Waals surface area (Å²) in [4.78, 5) is 3.96. The van der Waals surface area contributed by atoms with Gasteiger partial charge in [0.05, 0.1) is 0 Å². The summed E-state index contributed by atoms with van der Waals surface area (Å²) in [5.74, 6) is 1.44. The lowest BCUT2D eigenvalue weighted by atomic mass is 10.0. The van der Waals surface area contributed by atoms with Crippen molar-refractivity contribution >= 4 is 6.21 Å². The number of nitrogens with zero attached hydrogens (tertiary/aromatic N) is 1. The Hall–Kier alpha value is -0.330. The topological polar surface area (TPSA) is 12.4 Å². The molecule has 0 heterocycles. The fourth-order valence-electron chi connectivity index (χ4n) is 1.06. The van der Waals surface area contributed by atoms with Gasteiger partial charge in [-0.3, -0.25) is 0 Å². The molecule has 54 valence electrons. The molecule has 0 aromatic rings. The Kier molecular flexibility index (Phi) is 4.37. The van der Waals surface area contributed by atoms with Crippen LogP contribution in [0.3, 0.4) is 0 Å². The summed E-state index contributed by atoms with van der Waals surface area (Å²) >= 11 is 0. The van der Waals surface area contributed by atoms with E-state index < -0.39 is 0 Å². The minimum Gasteiger partial charge on any atom is -0.301 e. The molecule has 1 atom stereocenters. The maximum absolute atomic E-state index is 3.96. The van der Waals surface area contributed by atoms with E-state index in [0.717, 1.165) is 5.92 Å². The molecule has 9 heavy (non-hydrogen) atoms. The molecule has 0 radical (unpaired) electrons. The summed E-state index contributed by atoms with van der Waals surface area (Å²) in [6, 6.07) is 0. The van der Waals surface area contributed by atoms with Crippen molar-refractivity contribution in [3.8, 4) is 0 Å². The molecule has 0 saturated carbocycles. The van der Waals surface area contributed by atoms with Gasteiger partial charge in [-0.25, -0.2) is 0 Å². The van der Waals surface area contributed by atoms with Gasteiger partial charge in [0, 0.05) is 13.3 Å². The monoisotopic (exact) mass is 127 g/mol. The van der Waals surface area contributed by atoms with Crippen LogP contribution >= 0.6 is 0 Å². The van der Waals surface area contributed by atoms with Gasteiger partial charge < -0.3 is 4.99 Å². The molecule has 0 rings (SSSR count). The lowest BCUT2D eigenvalue weighted by molar-refractivity contribution is 0.527. The molecule has 0 aliphatic heterocycles. The van der Waals surface area contributed by atoms with Crippen LogP contribution in [-0.4, -0.2) is 13.3 Å². The molecule has 0 saturated heterocycles. The molecular formula is C8H17N. The second-order valence-electron chi connectivity index (χ2n) is 3.01. The van der Waals surface area contributed by atoms with Crippen molar-refractivity contribution in [1.82, 2.24) is 0 Å². The Balaban J connectivity index is 3.38. The zero-order valence-corrected chi connectivity index (χ0v) is 6.89. The Morgan fingerprint density at radius 2 is 1.89 bits per heavy atom. The van der Waals surface area contributed by atoms with E-state index in [1.54, 1.807) is 0 Å². The average molecular weight is 127 g/mol. The van der Waals surface area contributed by atoms with E-state index in [1.165, 1.54) is 6.42 Å². The Labute approximate surface area is 58.2 Å². The summed E-state index contributed by atoms with van der Waals surface area (Å²) in [5, 5.41) is 0. The van der Waals surface area contributed by atoms with Crippen molar-refractivity contribution in [1.29, 1.82) is 0 Å². The second-order valence-corrected chi connectivity index (χ2v) is 3.01. The molecule has 0 bridgehead atoms. The summed E-state index contributed by atoms with van der Waals surface area (Å²) in [6.45, 7) is 6.67. The quantitative estimate of drug-likeness (QED) is 0.516. The molecule has 0 aromatic carbocycles. The minimum atomic E-state index is 0.648. The van der Waals surface area contributed by atoms with E-state index >= 15 is 0 Å². The van der Waals surface area contributed by atoms with E-state index in [2.05, 4.69) is 25.8 Å². The number of aliphatic imine (C=N–C) groups is 1. The summed E-state index contributed by atoms with van der Waals surface area (Å²) in [5.41, 5.74) is 0. The summed E-state index contributed by atoms with van der Waals surface area (Å²) in [6.07, 6.45) is 3.26. The van der Waals surface area contributed by atoms with Gasteiger partial charge in [-0.15, -0.1) is 0 Å². The fraction of sp³-hybridized carbons (Fsp3) is 0.875. The second kappa shape index (κ2) is 4.54. The van der Waals surface area contributed by atoms with Gasteiger partial charge in [-0.2, -0.15) is 0 Å². The maximum atomic E-state index is 3.96. The van der Waals surface area contributed by atoms with Gasteiger partial charge in [0.1, 0.15) is 0 Å². The van der Waals surface area contributed by atoms with Crippen LogP contribution in [0.5, 0.6) is 0 Å². The standard InChI is InChI=1S/C8H17N/c1-7(2)5-8(3)6-9-4/h6-8H,5H2,1-4H3. The molecule has 0 amide bonds. The van der Waals surface area contributed by atoms with Gasteiger partial charge >= 0.3 is 0 Å². The van der Waals surface area contributed by atoms with Gasteiger partial charge in [-0.1, -0.05) is 20.8 Å². The third-order valence-corrected chi connectivity index (χ3v) is 1.25. The minimum absolute atomic E-state index is 0.648. The SMILES string of the molecule is CN=CC(C)CC(C)C. The first-order valence-electron chi connectivity index (χ1n) is 3.59. The van der Waals surface area contributed by atoms with Gasteiger partial charge in [0.2, 0.25) is 0 Å². The maximum Gasteiger partial charge on any atom is 0.0273 e. The Morgan fingerprint density at radius 1 is 1.33 bits per heavy atom. The Morgan fingerprint density at radius 3 is 2.22 bits per heavy atom. The fourth-order valence-corrected chi connectivity index (χ4v) is 1.06. The van der Waals surface area contributed by atoms with Crippen molar-refractivity contribution in [2.24, 2.45) is 16.8 Å². The van der Waals surface area contributed by atoms with E-state index in [-0.39, 0.29) is 0 Å². The highest BCUT2D eigenvalue weighted by atomic mass is 14.6. The third kappa shape index (κ3) is 5.54. The first-order chi connectivity index (χ1) is 4.16. The van der Waals surface area contributed by atoms with Crippen LogP contribution in [0.2, 0.25) is 0 Å².